The summed E-state index contributed by atoms with van der Waals surface area (Å²) in [6, 6.07) is 13.2. The maximum absolute atomic E-state index is 12.0. The van der Waals surface area contributed by atoms with Crippen molar-refractivity contribution in [1.82, 2.24) is 0 Å². The third-order valence-corrected chi connectivity index (χ3v) is 12.2. The molecule has 0 aromatic heterocycles. The van der Waals surface area contributed by atoms with Crippen LogP contribution < -0.4 is 14.4 Å². The van der Waals surface area contributed by atoms with Crippen molar-refractivity contribution in [2.45, 2.75) is 167 Å². The van der Waals surface area contributed by atoms with Crippen LogP contribution in [0.3, 0.4) is 0 Å². The number of azo groups is 2. The summed E-state index contributed by atoms with van der Waals surface area (Å²) in [6.07, 6.45) is 12.8. The molecule has 0 heterocycles. The lowest BCUT2D eigenvalue weighted by atomic mass is 9.83. The van der Waals surface area contributed by atoms with Crippen LogP contribution in [0.2, 0.25) is 0 Å². The summed E-state index contributed by atoms with van der Waals surface area (Å²) in [7, 11) is 0. The zero-order valence-electron chi connectivity index (χ0n) is 42.8. The highest BCUT2D eigenvalue weighted by atomic mass is 16.6. The second-order valence-electron chi connectivity index (χ2n) is 21.1. The van der Waals surface area contributed by atoms with E-state index in [9.17, 15) is 20.2 Å². The molecule has 3 aromatic rings. The summed E-state index contributed by atoms with van der Waals surface area (Å²) in [6.45, 7) is 32.2. The van der Waals surface area contributed by atoms with Gasteiger partial charge in [0.25, 0.3) is 5.69 Å². The maximum atomic E-state index is 12.0. The molecule has 0 amide bonds. The number of nitro groups is 2. The Morgan fingerprint density at radius 3 is 1.47 bits per heavy atom. The molecule has 0 N–H and O–H groups in total. The number of hydrogen-bond donors (Lipinski definition) is 0. The molecule has 3 rings (SSSR count). The molecule has 0 saturated heterocycles. The lowest BCUT2D eigenvalue weighted by Gasteiger charge is -2.31. The van der Waals surface area contributed by atoms with Crippen molar-refractivity contribution in [2.24, 2.45) is 55.0 Å². The SMILES string of the molecule is CCCCC(CC)COc1cc(N=Nc2ccc([N+](=O)[O-])cc2[N+](=O)[O-])c(OCC(CC)CCCC)cc1N=Nc1ccc(N(CCC(C)CC(C)(C)C)CCC(C)CC(C)(C)C)cc1C. The van der Waals surface area contributed by atoms with Crippen LogP contribution in [-0.4, -0.2) is 36.1 Å². The number of rotatable bonds is 29. The molecule has 3 aromatic carbocycles. The first kappa shape index (κ1) is 55.4. The fourth-order valence-corrected chi connectivity index (χ4v) is 8.58. The minimum Gasteiger partial charge on any atom is -0.491 e. The first-order valence-electron chi connectivity index (χ1n) is 24.7. The second-order valence-corrected chi connectivity index (χ2v) is 21.1. The van der Waals surface area contributed by atoms with E-state index in [2.05, 4.69) is 117 Å². The summed E-state index contributed by atoms with van der Waals surface area (Å²) in [5, 5.41) is 41.8. The van der Waals surface area contributed by atoms with Crippen molar-refractivity contribution in [3.63, 3.8) is 0 Å². The van der Waals surface area contributed by atoms with E-state index in [4.69, 9.17) is 19.7 Å². The van der Waals surface area contributed by atoms with E-state index in [1.165, 1.54) is 30.7 Å². The molecule has 0 aliphatic heterocycles. The van der Waals surface area contributed by atoms with Crippen molar-refractivity contribution in [3.8, 4) is 11.5 Å². The highest BCUT2D eigenvalue weighted by molar-refractivity contribution is 5.68. The molecule has 4 unspecified atom stereocenters. The largest absolute Gasteiger partial charge is 0.491 e. The van der Waals surface area contributed by atoms with Crippen LogP contribution in [0.1, 0.15) is 166 Å². The molecule has 4 atom stereocenters. The van der Waals surface area contributed by atoms with Crippen LogP contribution >= 0.6 is 0 Å². The predicted octanol–water partition coefficient (Wildman–Crippen LogP) is 17.6. The smallest absolute Gasteiger partial charge is 0.303 e. The van der Waals surface area contributed by atoms with Crippen LogP contribution in [0.4, 0.5) is 39.8 Å². The summed E-state index contributed by atoms with van der Waals surface area (Å²) in [5.41, 5.74) is 3.19. The zero-order chi connectivity index (χ0) is 49.0. The van der Waals surface area contributed by atoms with Crippen molar-refractivity contribution in [2.75, 3.05) is 31.2 Å². The Morgan fingerprint density at radius 1 is 0.606 bits per heavy atom. The van der Waals surface area contributed by atoms with E-state index < -0.39 is 21.2 Å². The Morgan fingerprint density at radius 2 is 1.06 bits per heavy atom. The van der Waals surface area contributed by atoms with Gasteiger partial charge in [0.2, 0.25) is 0 Å². The summed E-state index contributed by atoms with van der Waals surface area (Å²) < 4.78 is 13.1. The van der Waals surface area contributed by atoms with Crippen LogP contribution in [0, 0.1) is 61.7 Å². The Labute approximate surface area is 397 Å². The molecule has 366 valence electrons. The minimum absolute atomic E-state index is 0.126. The molecule has 13 nitrogen and oxygen atoms in total. The molecule has 0 saturated carbocycles. The minimum atomic E-state index is -0.702. The molecule has 0 fully saturated rings. The van der Waals surface area contributed by atoms with Crippen molar-refractivity contribution in [1.29, 1.82) is 0 Å². The molecule has 0 aliphatic carbocycles. The van der Waals surface area contributed by atoms with E-state index >= 15 is 0 Å². The van der Waals surface area contributed by atoms with E-state index in [0.717, 1.165) is 94.6 Å². The predicted molar refractivity (Wildman–Crippen MR) is 271 cm³/mol. The first-order chi connectivity index (χ1) is 31.2. The number of nitrogens with zero attached hydrogens (tertiary/aromatic N) is 7. The fraction of sp³-hybridized carbons (Fsp3) is 0.660. The number of benzene rings is 3. The highest BCUT2D eigenvalue weighted by Gasteiger charge is 2.23. The zero-order valence-corrected chi connectivity index (χ0v) is 42.8. The Balaban J connectivity index is 2.13. The van der Waals surface area contributed by atoms with Gasteiger partial charge in [0, 0.05) is 37.0 Å². The molecular formula is C53H83N7O6. The normalized spacial score (nSPS) is 14.1. The average Bonchev–Trinajstić information content (AvgIpc) is 3.24. The van der Waals surface area contributed by atoms with Gasteiger partial charge in [-0.15, -0.1) is 15.3 Å². The van der Waals surface area contributed by atoms with Crippen LogP contribution in [0.15, 0.2) is 69.0 Å². The van der Waals surface area contributed by atoms with Gasteiger partial charge in [-0.3, -0.25) is 20.2 Å². The van der Waals surface area contributed by atoms with Gasteiger partial charge >= 0.3 is 5.69 Å². The van der Waals surface area contributed by atoms with Crippen molar-refractivity contribution < 1.29 is 19.3 Å². The van der Waals surface area contributed by atoms with Crippen molar-refractivity contribution in [3.05, 3.63) is 74.3 Å². The van der Waals surface area contributed by atoms with Crippen LogP contribution in [-0.2, 0) is 0 Å². The Bertz CT molecular complexity index is 2010. The standard InChI is InChI=1S/C53H83N7O6/c1-14-18-20-41(16-3)36-65-50-33-48(57-55-46-25-23-44(59(61)62)31-49(46)60(63)64)51(66-37-42(17-4)21-19-15-2)32-47(50)56-54-45-24-22-43(30-40(45)7)58(28-26-38(5)34-52(8,9)10)29-27-39(6)35-53(11,12)13/h22-25,30-33,38-39,41-42H,14-21,26-29,34-37H2,1-13H3. The first-order valence-corrected chi connectivity index (χ1v) is 24.7. The van der Waals surface area contributed by atoms with Gasteiger partial charge in [0.1, 0.15) is 22.9 Å². The van der Waals surface area contributed by atoms with Crippen molar-refractivity contribution >= 4 is 39.8 Å². The molecule has 0 spiro atoms. The van der Waals surface area contributed by atoms with Crippen LogP contribution in [0.25, 0.3) is 0 Å². The lowest BCUT2D eigenvalue weighted by Crippen LogP contribution is -2.29. The average molecular weight is 914 g/mol. The number of hydrogen-bond acceptors (Lipinski definition) is 11. The molecule has 0 bridgehead atoms. The lowest BCUT2D eigenvalue weighted by molar-refractivity contribution is -0.393. The van der Waals surface area contributed by atoms with Gasteiger partial charge in [-0.1, -0.05) is 122 Å². The van der Waals surface area contributed by atoms with Gasteiger partial charge in [0.15, 0.2) is 5.69 Å². The number of non-ortho nitro benzene ring substituents is 1. The third kappa shape index (κ3) is 19.5. The molecule has 66 heavy (non-hydrogen) atoms. The van der Waals surface area contributed by atoms with Gasteiger partial charge in [-0.25, -0.2) is 0 Å². The van der Waals surface area contributed by atoms with Gasteiger partial charge in [0.05, 0.1) is 34.8 Å². The molecular weight excluding hydrogens is 831 g/mol. The number of anilines is 1. The third-order valence-electron chi connectivity index (χ3n) is 12.2. The quantitative estimate of drug-likeness (QED) is 0.0381. The second kappa shape index (κ2) is 27.0. The summed E-state index contributed by atoms with van der Waals surface area (Å²) >= 11 is 0. The van der Waals surface area contributed by atoms with Gasteiger partial charge in [-0.2, -0.15) is 5.11 Å². The molecule has 13 heteroatoms. The summed E-state index contributed by atoms with van der Waals surface area (Å²) in [4.78, 5) is 24.6. The number of ether oxygens (including phenoxy) is 2. The highest BCUT2D eigenvalue weighted by Crippen LogP contribution is 2.43. The van der Waals surface area contributed by atoms with E-state index in [-0.39, 0.29) is 22.2 Å². The Kier molecular flexibility index (Phi) is 22.7. The maximum Gasteiger partial charge on any atom is 0.303 e. The molecule has 0 aliphatic rings. The van der Waals surface area contributed by atoms with E-state index in [1.54, 1.807) is 12.1 Å². The number of unbranched alkanes of at least 4 members (excludes halogenated alkanes) is 2. The Hall–Kier alpha value is -4.94. The molecule has 0 radical (unpaired) electrons. The van der Waals surface area contributed by atoms with E-state index in [1.807, 2.05) is 6.07 Å². The fourth-order valence-electron chi connectivity index (χ4n) is 8.58. The monoisotopic (exact) mass is 914 g/mol. The topological polar surface area (TPSA) is 157 Å². The number of nitro benzene ring substituents is 2. The summed E-state index contributed by atoms with van der Waals surface area (Å²) in [5.74, 6) is 2.63. The van der Waals surface area contributed by atoms with Crippen LogP contribution in [0.5, 0.6) is 11.5 Å². The number of aryl methyl sites for hydroxylation is 1. The van der Waals surface area contributed by atoms with E-state index in [0.29, 0.717) is 54.1 Å². The van der Waals surface area contributed by atoms with Gasteiger partial charge in [-0.05, 0) is 110 Å². The van der Waals surface area contributed by atoms with Gasteiger partial charge < -0.3 is 14.4 Å².